The van der Waals surface area contributed by atoms with Crippen molar-refractivity contribution in [1.29, 1.82) is 0 Å². The smallest absolute Gasteiger partial charge is 0.188 e. The number of guanidine groups is 1. The van der Waals surface area contributed by atoms with Gasteiger partial charge in [0.2, 0.25) is 0 Å². The standard InChI is InChI=1S/C20H27N3OS/c1-16(15-25-19-11-7-6-10-18(19)24-2)14-23-20(21)22-13-12-17-8-4-3-5-9-17/h3-11,16H,12-15H2,1-2H3,(H3,21,22,23). The monoisotopic (exact) mass is 357 g/mol. The van der Waals surface area contributed by atoms with Gasteiger partial charge < -0.3 is 15.8 Å². The Labute approximate surface area is 154 Å². The lowest BCUT2D eigenvalue weighted by Gasteiger charge is -2.12. The summed E-state index contributed by atoms with van der Waals surface area (Å²) < 4.78 is 5.38. The van der Waals surface area contributed by atoms with Crippen molar-refractivity contribution in [3.8, 4) is 5.75 Å². The molecule has 0 aliphatic rings. The number of hydrogen-bond donors (Lipinski definition) is 2. The van der Waals surface area contributed by atoms with Crippen LogP contribution in [-0.4, -0.2) is 31.9 Å². The van der Waals surface area contributed by atoms with E-state index in [-0.39, 0.29) is 0 Å². The van der Waals surface area contributed by atoms with Gasteiger partial charge >= 0.3 is 0 Å². The van der Waals surface area contributed by atoms with Crippen LogP contribution >= 0.6 is 11.8 Å². The Morgan fingerprint density at radius 2 is 1.88 bits per heavy atom. The Bertz CT molecular complexity index is 661. The van der Waals surface area contributed by atoms with Crippen LogP contribution in [-0.2, 0) is 6.42 Å². The SMILES string of the molecule is COc1ccccc1SCC(C)CN=C(N)NCCc1ccccc1. The van der Waals surface area contributed by atoms with Crippen molar-refractivity contribution in [2.24, 2.45) is 16.6 Å². The molecule has 2 aromatic carbocycles. The van der Waals surface area contributed by atoms with Crippen LogP contribution in [0.4, 0.5) is 0 Å². The first-order valence-corrected chi connectivity index (χ1v) is 9.51. The maximum atomic E-state index is 5.95. The summed E-state index contributed by atoms with van der Waals surface area (Å²) in [5.41, 5.74) is 7.25. The zero-order valence-corrected chi connectivity index (χ0v) is 15.8. The quantitative estimate of drug-likeness (QED) is 0.409. The van der Waals surface area contributed by atoms with Crippen LogP contribution in [0.25, 0.3) is 0 Å². The fourth-order valence-corrected chi connectivity index (χ4v) is 3.35. The Morgan fingerprint density at radius 3 is 2.64 bits per heavy atom. The minimum absolute atomic E-state index is 0.435. The zero-order valence-electron chi connectivity index (χ0n) is 14.9. The van der Waals surface area contributed by atoms with Gasteiger partial charge in [-0.05, 0) is 30.0 Å². The third kappa shape index (κ3) is 7.10. The van der Waals surface area contributed by atoms with Crippen LogP contribution < -0.4 is 15.8 Å². The summed E-state index contributed by atoms with van der Waals surface area (Å²) in [5.74, 6) is 2.85. The van der Waals surface area contributed by atoms with Crippen molar-refractivity contribution >= 4 is 17.7 Å². The lowest BCUT2D eigenvalue weighted by molar-refractivity contribution is 0.405. The maximum Gasteiger partial charge on any atom is 0.188 e. The molecule has 0 saturated carbocycles. The molecule has 0 spiro atoms. The molecule has 4 nitrogen and oxygen atoms in total. The summed E-state index contributed by atoms with van der Waals surface area (Å²) in [7, 11) is 1.70. The summed E-state index contributed by atoms with van der Waals surface area (Å²) in [5, 5.41) is 3.18. The summed E-state index contributed by atoms with van der Waals surface area (Å²) in [6.07, 6.45) is 0.941. The van der Waals surface area contributed by atoms with Gasteiger partial charge in [0, 0.05) is 23.7 Å². The number of nitrogens with zero attached hydrogens (tertiary/aromatic N) is 1. The number of aliphatic imine (C=N–C) groups is 1. The summed E-state index contributed by atoms with van der Waals surface area (Å²) in [6.45, 7) is 3.69. The fourth-order valence-electron chi connectivity index (χ4n) is 2.31. The second-order valence-electron chi connectivity index (χ2n) is 5.96. The summed E-state index contributed by atoms with van der Waals surface area (Å²) >= 11 is 1.79. The first kappa shape index (κ1) is 19.2. The number of para-hydroxylation sites is 1. The van der Waals surface area contributed by atoms with Gasteiger partial charge in [0.15, 0.2) is 5.96 Å². The van der Waals surface area contributed by atoms with E-state index in [9.17, 15) is 0 Å². The van der Waals surface area contributed by atoms with Gasteiger partial charge in [-0.15, -0.1) is 11.8 Å². The van der Waals surface area contributed by atoms with Gasteiger partial charge in [-0.25, -0.2) is 0 Å². The molecule has 0 amide bonds. The van der Waals surface area contributed by atoms with Gasteiger partial charge in [-0.1, -0.05) is 49.4 Å². The summed E-state index contributed by atoms with van der Waals surface area (Å²) in [4.78, 5) is 5.61. The highest BCUT2D eigenvalue weighted by atomic mass is 32.2. The van der Waals surface area contributed by atoms with Gasteiger partial charge in [0.05, 0.1) is 7.11 Å². The topological polar surface area (TPSA) is 59.6 Å². The number of ether oxygens (including phenoxy) is 1. The predicted molar refractivity (Wildman–Crippen MR) is 108 cm³/mol. The third-order valence-corrected chi connectivity index (χ3v) is 5.11. The number of nitrogens with one attached hydrogen (secondary N) is 1. The first-order chi connectivity index (χ1) is 12.2. The van der Waals surface area contributed by atoms with Crippen molar-refractivity contribution in [2.75, 3.05) is 26.0 Å². The minimum Gasteiger partial charge on any atom is -0.496 e. The number of hydrogen-bond acceptors (Lipinski definition) is 3. The number of nitrogens with two attached hydrogens (primary N) is 1. The molecule has 0 saturated heterocycles. The summed E-state index contributed by atoms with van der Waals surface area (Å²) in [6, 6.07) is 18.4. The van der Waals surface area contributed by atoms with E-state index in [0.29, 0.717) is 18.4 Å². The van der Waals surface area contributed by atoms with E-state index in [1.54, 1.807) is 18.9 Å². The lowest BCUT2D eigenvalue weighted by Crippen LogP contribution is -2.33. The predicted octanol–water partition coefficient (Wildman–Crippen LogP) is 3.57. The molecule has 2 aromatic rings. The van der Waals surface area contributed by atoms with Crippen LogP contribution in [0.3, 0.4) is 0 Å². The molecule has 0 aliphatic heterocycles. The van der Waals surface area contributed by atoms with E-state index in [4.69, 9.17) is 10.5 Å². The number of rotatable bonds is 9. The number of thioether (sulfide) groups is 1. The van der Waals surface area contributed by atoms with Gasteiger partial charge in [0.1, 0.15) is 5.75 Å². The highest BCUT2D eigenvalue weighted by Crippen LogP contribution is 2.29. The van der Waals surface area contributed by atoms with E-state index in [1.165, 1.54) is 5.56 Å². The molecule has 2 rings (SSSR count). The Hall–Kier alpha value is -2.14. The average molecular weight is 358 g/mol. The van der Waals surface area contributed by atoms with Gasteiger partial charge in [-0.2, -0.15) is 0 Å². The molecule has 3 N–H and O–H groups in total. The second-order valence-corrected chi connectivity index (χ2v) is 7.02. The van der Waals surface area contributed by atoms with E-state index in [2.05, 4.69) is 35.4 Å². The highest BCUT2D eigenvalue weighted by Gasteiger charge is 2.06. The Balaban J connectivity index is 1.69. The Kier molecular flexibility index (Phi) is 8.19. The van der Waals surface area contributed by atoms with Crippen molar-refractivity contribution < 1.29 is 4.74 Å². The van der Waals surface area contributed by atoms with Crippen molar-refractivity contribution in [2.45, 2.75) is 18.2 Å². The highest BCUT2D eigenvalue weighted by molar-refractivity contribution is 7.99. The van der Waals surface area contributed by atoms with Crippen LogP contribution in [0.2, 0.25) is 0 Å². The molecule has 0 aromatic heterocycles. The minimum atomic E-state index is 0.435. The van der Waals surface area contributed by atoms with E-state index in [0.717, 1.165) is 29.4 Å². The zero-order chi connectivity index (χ0) is 17.9. The van der Waals surface area contributed by atoms with Crippen molar-refractivity contribution in [1.82, 2.24) is 5.32 Å². The van der Waals surface area contributed by atoms with Gasteiger partial charge in [-0.3, -0.25) is 4.99 Å². The van der Waals surface area contributed by atoms with Gasteiger partial charge in [0.25, 0.3) is 0 Å². The molecule has 134 valence electrons. The van der Waals surface area contributed by atoms with E-state index < -0.39 is 0 Å². The van der Waals surface area contributed by atoms with Crippen LogP contribution in [0.15, 0.2) is 64.5 Å². The molecular weight excluding hydrogens is 330 g/mol. The molecule has 0 bridgehead atoms. The molecule has 25 heavy (non-hydrogen) atoms. The largest absolute Gasteiger partial charge is 0.496 e. The fraction of sp³-hybridized carbons (Fsp3) is 0.350. The number of methoxy groups -OCH3 is 1. The molecular formula is C20H27N3OS. The maximum absolute atomic E-state index is 5.95. The molecule has 0 heterocycles. The second kappa shape index (κ2) is 10.7. The lowest BCUT2D eigenvalue weighted by atomic mass is 10.1. The van der Waals surface area contributed by atoms with E-state index >= 15 is 0 Å². The molecule has 5 heteroatoms. The Morgan fingerprint density at radius 1 is 1.16 bits per heavy atom. The molecule has 1 atom stereocenters. The van der Waals surface area contributed by atoms with Crippen LogP contribution in [0.1, 0.15) is 12.5 Å². The van der Waals surface area contributed by atoms with E-state index in [1.807, 2.05) is 36.4 Å². The van der Waals surface area contributed by atoms with Crippen LogP contribution in [0, 0.1) is 5.92 Å². The molecule has 0 aliphatic carbocycles. The van der Waals surface area contributed by atoms with Crippen molar-refractivity contribution in [3.05, 3.63) is 60.2 Å². The van der Waals surface area contributed by atoms with Crippen LogP contribution in [0.5, 0.6) is 5.75 Å². The molecule has 1 unspecified atom stereocenters. The van der Waals surface area contributed by atoms with Crippen molar-refractivity contribution in [3.63, 3.8) is 0 Å². The normalized spacial score (nSPS) is 12.6. The third-order valence-electron chi connectivity index (χ3n) is 3.73. The molecule has 0 radical (unpaired) electrons. The molecule has 0 fully saturated rings. The first-order valence-electron chi connectivity index (χ1n) is 8.52. The average Bonchev–Trinajstić information content (AvgIpc) is 2.65. The number of benzene rings is 2.